The van der Waals surface area contributed by atoms with Gasteiger partial charge in [-0.2, -0.15) is 0 Å². The van der Waals surface area contributed by atoms with Gasteiger partial charge in [0.1, 0.15) is 11.8 Å². The van der Waals surface area contributed by atoms with E-state index in [9.17, 15) is 14.4 Å². The van der Waals surface area contributed by atoms with Gasteiger partial charge in [0.25, 0.3) is 5.91 Å². The molecule has 0 bridgehead atoms. The number of nitrogens with one attached hydrogen (secondary N) is 2. The summed E-state index contributed by atoms with van der Waals surface area (Å²) in [4.78, 5) is 34.7. The molecule has 7 heteroatoms. The van der Waals surface area contributed by atoms with Crippen LogP contribution in [0.15, 0.2) is 36.4 Å². The molecule has 0 saturated carbocycles. The van der Waals surface area contributed by atoms with Crippen LogP contribution in [0.25, 0.3) is 0 Å². The summed E-state index contributed by atoms with van der Waals surface area (Å²) in [5.74, 6) is -1.62. The molecule has 2 amide bonds. The zero-order chi connectivity index (χ0) is 17.2. The van der Waals surface area contributed by atoms with Crippen LogP contribution >= 0.6 is 0 Å². The van der Waals surface area contributed by atoms with Crippen LogP contribution in [0.5, 0.6) is 5.75 Å². The molecule has 1 unspecified atom stereocenters. The molecule has 0 fully saturated rings. The zero-order valence-corrected chi connectivity index (χ0v) is 13.0. The number of carbonyl (C=O) groups excluding carboxylic acids is 2. The van der Waals surface area contributed by atoms with Crippen LogP contribution in [0, 0.1) is 0 Å². The van der Waals surface area contributed by atoms with Crippen LogP contribution < -0.4 is 15.4 Å². The lowest BCUT2D eigenvalue weighted by Gasteiger charge is -2.13. The Kier molecular flexibility index (Phi) is 7.32. The van der Waals surface area contributed by atoms with E-state index in [-0.39, 0.29) is 13.0 Å². The monoisotopic (exact) mass is 320 g/mol. The Morgan fingerprint density at radius 1 is 1.35 bits per heavy atom. The van der Waals surface area contributed by atoms with E-state index < -0.39 is 23.8 Å². The van der Waals surface area contributed by atoms with Gasteiger partial charge in [-0.1, -0.05) is 18.2 Å². The number of methoxy groups -OCH3 is 1. The predicted octanol–water partition coefficient (Wildman–Crippen LogP) is 0.961. The Hall–Kier alpha value is -2.83. The van der Waals surface area contributed by atoms with Crippen molar-refractivity contribution in [2.45, 2.75) is 19.4 Å². The fourth-order valence-electron chi connectivity index (χ4n) is 1.77. The summed E-state index contributed by atoms with van der Waals surface area (Å²) < 4.78 is 5.02. The summed E-state index contributed by atoms with van der Waals surface area (Å²) in [5, 5.41) is 13.8. The fourth-order valence-corrected chi connectivity index (χ4v) is 1.77. The number of carbonyl (C=O) groups is 3. The lowest BCUT2D eigenvalue weighted by atomic mass is 10.2. The Morgan fingerprint density at radius 3 is 2.70 bits per heavy atom. The highest BCUT2D eigenvalue weighted by molar-refractivity contribution is 5.97. The number of hydrogen-bond acceptors (Lipinski definition) is 4. The first-order chi connectivity index (χ1) is 11.0. The van der Waals surface area contributed by atoms with E-state index in [0.717, 1.165) is 0 Å². The van der Waals surface area contributed by atoms with Crippen molar-refractivity contribution in [3.05, 3.63) is 42.0 Å². The van der Waals surface area contributed by atoms with Crippen molar-refractivity contribution >= 4 is 17.8 Å². The molecular formula is C16H20N2O5. The number of ether oxygens (including phenoxy) is 1. The van der Waals surface area contributed by atoms with Crippen LogP contribution in [0.3, 0.4) is 0 Å². The number of hydrogen-bond donors (Lipinski definition) is 3. The molecule has 0 aromatic heterocycles. The largest absolute Gasteiger partial charge is 0.497 e. The van der Waals surface area contributed by atoms with Crippen molar-refractivity contribution in [2.24, 2.45) is 0 Å². The topological polar surface area (TPSA) is 105 Å². The van der Waals surface area contributed by atoms with E-state index in [2.05, 4.69) is 10.6 Å². The molecule has 1 atom stereocenters. The summed E-state index contributed by atoms with van der Waals surface area (Å²) in [6.45, 7) is 1.45. The van der Waals surface area contributed by atoms with Gasteiger partial charge in [0.15, 0.2) is 0 Å². The Labute approximate surface area is 134 Å². The summed E-state index contributed by atoms with van der Waals surface area (Å²) in [5.41, 5.74) is 0.348. The standard InChI is InChI=1S/C16H20N2O5/c1-3-4-8-13(16(21)22)18-14(19)10-17-15(20)11-6-5-7-12(9-11)23-2/h3-7,9,13H,8,10H2,1-2H3,(H,17,20)(H,18,19)(H,21,22)/b4-3+. The number of rotatable bonds is 8. The van der Waals surface area contributed by atoms with E-state index in [4.69, 9.17) is 9.84 Å². The molecule has 3 N–H and O–H groups in total. The molecule has 1 rings (SSSR count). The number of carboxylic acid groups (broad SMARTS) is 1. The van der Waals surface area contributed by atoms with Crippen molar-refractivity contribution in [1.82, 2.24) is 10.6 Å². The summed E-state index contributed by atoms with van der Waals surface area (Å²) in [6, 6.07) is 5.46. The smallest absolute Gasteiger partial charge is 0.326 e. The summed E-state index contributed by atoms with van der Waals surface area (Å²) >= 11 is 0. The van der Waals surface area contributed by atoms with Crippen LogP contribution in [0.1, 0.15) is 23.7 Å². The molecule has 0 saturated heterocycles. The van der Waals surface area contributed by atoms with Gasteiger partial charge in [-0.25, -0.2) is 4.79 Å². The third-order valence-corrected chi connectivity index (χ3v) is 2.98. The number of allylic oxidation sites excluding steroid dienone is 1. The molecular weight excluding hydrogens is 300 g/mol. The second-order valence-corrected chi connectivity index (χ2v) is 4.68. The van der Waals surface area contributed by atoms with Gasteiger partial charge in [0.2, 0.25) is 5.91 Å². The van der Waals surface area contributed by atoms with Crippen molar-refractivity contribution < 1.29 is 24.2 Å². The predicted molar refractivity (Wildman–Crippen MR) is 84.3 cm³/mol. The molecule has 7 nitrogen and oxygen atoms in total. The Morgan fingerprint density at radius 2 is 2.09 bits per heavy atom. The van der Waals surface area contributed by atoms with Gasteiger partial charge in [0.05, 0.1) is 13.7 Å². The van der Waals surface area contributed by atoms with Gasteiger partial charge in [-0.15, -0.1) is 0 Å². The maximum absolute atomic E-state index is 11.9. The SMILES string of the molecule is C/C=C/CC(NC(=O)CNC(=O)c1cccc(OC)c1)C(=O)O. The average molecular weight is 320 g/mol. The van der Waals surface area contributed by atoms with Crippen LogP contribution in [-0.4, -0.2) is 42.6 Å². The van der Waals surface area contributed by atoms with E-state index >= 15 is 0 Å². The van der Waals surface area contributed by atoms with Crippen molar-refractivity contribution in [3.8, 4) is 5.75 Å². The van der Waals surface area contributed by atoms with Crippen molar-refractivity contribution in [2.75, 3.05) is 13.7 Å². The van der Waals surface area contributed by atoms with Gasteiger partial charge in [-0.3, -0.25) is 9.59 Å². The first kappa shape index (κ1) is 18.2. The maximum Gasteiger partial charge on any atom is 0.326 e. The van der Waals surface area contributed by atoms with E-state index in [0.29, 0.717) is 11.3 Å². The summed E-state index contributed by atoms with van der Waals surface area (Å²) in [6.07, 6.45) is 3.53. The summed E-state index contributed by atoms with van der Waals surface area (Å²) in [7, 11) is 1.49. The minimum Gasteiger partial charge on any atom is -0.497 e. The first-order valence-corrected chi connectivity index (χ1v) is 7.03. The first-order valence-electron chi connectivity index (χ1n) is 7.03. The van der Waals surface area contributed by atoms with Gasteiger partial charge < -0.3 is 20.5 Å². The van der Waals surface area contributed by atoms with E-state index in [1.165, 1.54) is 7.11 Å². The number of carboxylic acids is 1. The van der Waals surface area contributed by atoms with Gasteiger partial charge in [-0.05, 0) is 31.5 Å². The Bertz CT molecular complexity index is 598. The minimum atomic E-state index is -1.13. The number of benzene rings is 1. The third-order valence-electron chi connectivity index (χ3n) is 2.98. The molecule has 0 radical (unpaired) electrons. The van der Waals surface area contributed by atoms with Crippen LogP contribution in [0.2, 0.25) is 0 Å². The molecule has 1 aromatic carbocycles. The zero-order valence-electron chi connectivity index (χ0n) is 13.0. The Balaban J connectivity index is 2.54. The quantitative estimate of drug-likeness (QED) is 0.619. The molecule has 0 aliphatic carbocycles. The van der Waals surface area contributed by atoms with Gasteiger partial charge >= 0.3 is 5.97 Å². The highest BCUT2D eigenvalue weighted by Crippen LogP contribution is 2.12. The van der Waals surface area contributed by atoms with Crippen molar-refractivity contribution in [1.29, 1.82) is 0 Å². The van der Waals surface area contributed by atoms with Crippen LogP contribution in [-0.2, 0) is 9.59 Å². The third kappa shape index (κ3) is 6.21. The molecule has 1 aromatic rings. The molecule has 0 aliphatic heterocycles. The highest BCUT2D eigenvalue weighted by Gasteiger charge is 2.18. The molecule has 23 heavy (non-hydrogen) atoms. The molecule has 0 aliphatic rings. The average Bonchev–Trinajstić information content (AvgIpc) is 2.56. The highest BCUT2D eigenvalue weighted by atomic mass is 16.5. The van der Waals surface area contributed by atoms with Crippen molar-refractivity contribution in [3.63, 3.8) is 0 Å². The number of aliphatic carboxylic acids is 1. The molecule has 0 heterocycles. The lowest BCUT2D eigenvalue weighted by molar-refractivity contribution is -0.141. The normalized spacial score (nSPS) is 11.7. The maximum atomic E-state index is 11.9. The lowest BCUT2D eigenvalue weighted by Crippen LogP contribution is -2.45. The minimum absolute atomic E-state index is 0.182. The molecule has 0 spiro atoms. The van der Waals surface area contributed by atoms with E-state index in [1.54, 1.807) is 43.3 Å². The molecule has 124 valence electrons. The van der Waals surface area contributed by atoms with E-state index in [1.807, 2.05) is 0 Å². The second kappa shape index (κ2) is 9.24. The van der Waals surface area contributed by atoms with Crippen LogP contribution in [0.4, 0.5) is 0 Å². The fraction of sp³-hybridized carbons (Fsp3) is 0.312. The second-order valence-electron chi connectivity index (χ2n) is 4.68. The number of amides is 2. The van der Waals surface area contributed by atoms with Gasteiger partial charge in [0, 0.05) is 5.56 Å².